The molecule has 0 fully saturated rings. The summed E-state index contributed by atoms with van der Waals surface area (Å²) in [6.45, 7) is 0.607. The highest BCUT2D eigenvalue weighted by Crippen LogP contribution is 2.22. The molecule has 8 nitrogen and oxygen atoms in total. The minimum atomic E-state index is -0.250. The predicted octanol–water partition coefficient (Wildman–Crippen LogP) is 3.94. The second kappa shape index (κ2) is 10.5. The number of hydrogen-bond acceptors (Lipinski definition) is 6. The first-order valence-corrected chi connectivity index (χ1v) is 10.0. The highest BCUT2D eigenvalue weighted by molar-refractivity contribution is 6.31. The van der Waals surface area contributed by atoms with Gasteiger partial charge in [-0.15, -0.1) is 0 Å². The molecule has 0 saturated heterocycles. The standard InChI is InChI=1S/C22H20ClN5O.CH2O2/c1-27(2)14-15-5-8-17(9-6-15)25-22-26-20-10-7-16(23)12-19(20)21(29)28(22)18-4-3-11-24-13-18;2-1-3/h3-13H,14H2,1-2H3,(H,25,26);1H,(H,2,3). The minimum absolute atomic E-state index is 0.211. The predicted molar refractivity (Wildman–Crippen MR) is 126 cm³/mol. The monoisotopic (exact) mass is 451 g/mol. The quantitative estimate of drug-likeness (QED) is 0.443. The van der Waals surface area contributed by atoms with E-state index in [9.17, 15) is 4.79 Å². The van der Waals surface area contributed by atoms with Gasteiger partial charge in [0.25, 0.3) is 12.0 Å². The Hall–Kier alpha value is -3.75. The van der Waals surface area contributed by atoms with E-state index in [0.29, 0.717) is 27.6 Å². The Bertz CT molecular complexity index is 1260. The van der Waals surface area contributed by atoms with E-state index in [1.165, 1.54) is 10.1 Å². The van der Waals surface area contributed by atoms with E-state index in [1.807, 2.05) is 32.3 Å². The van der Waals surface area contributed by atoms with Crippen LogP contribution in [0.3, 0.4) is 0 Å². The van der Waals surface area contributed by atoms with Crippen LogP contribution in [0, 0.1) is 0 Å². The van der Waals surface area contributed by atoms with E-state index in [0.717, 1.165) is 12.2 Å². The first kappa shape index (κ1) is 22.9. The van der Waals surface area contributed by atoms with Crippen molar-refractivity contribution in [3.63, 3.8) is 0 Å². The van der Waals surface area contributed by atoms with Crippen molar-refractivity contribution in [3.8, 4) is 5.69 Å². The first-order valence-electron chi connectivity index (χ1n) is 9.64. The van der Waals surface area contributed by atoms with Gasteiger partial charge >= 0.3 is 0 Å². The van der Waals surface area contributed by atoms with Gasteiger partial charge in [-0.05, 0) is 62.1 Å². The van der Waals surface area contributed by atoms with Crippen LogP contribution < -0.4 is 10.9 Å². The highest BCUT2D eigenvalue weighted by Gasteiger charge is 2.14. The van der Waals surface area contributed by atoms with Crippen LogP contribution in [0.4, 0.5) is 11.6 Å². The van der Waals surface area contributed by atoms with Crippen LogP contribution in [-0.4, -0.2) is 45.1 Å². The molecule has 164 valence electrons. The number of pyridine rings is 1. The van der Waals surface area contributed by atoms with Crippen molar-refractivity contribution in [1.29, 1.82) is 0 Å². The van der Waals surface area contributed by atoms with E-state index >= 15 is 0 Å². The molecule has 4 aromatic rings. The topological polar surface area (TPSA) is 100 Å². The number of carbonyl (C=O) groups is 1. The number of carboxylic acid groups (broad SMARTS) is 1. The Balaban J connectivity index is 0.000000913. The molecule has 0 saturated carbocycles. The fraction of sp³-hybridized carbons (Fsp3) is 0.130. The molecule has 0 bridgehead atoms. The van der Waals surface area contributed by atoms with Crippen molar-refractivity contribution in [2.24, 2.45) is 0 Å². The SMILES string of the molecule is CN(C)Cc1ccc(Nc2nc3ccc(Cl)cc3c(=O)n2-c2cccnc2)cc1.O=CO. The molecule has 32 heavy (non-hydrogen) atoms. The van der Waals surface area contributed by atoms with E-state index in [4.69, 9.17) is 21.5 Å². The summed E-state index contributed by atoms with van der Waals surface area (Å²) in [5, 5.41) is 11.1. The van der Waals surface area contributed by atoms with E-state index in [1.54, 1.807) is 36.7 Å². The minimum Gasteiger partial charge on any atom is -0.483 e. The molecule has 0 spiro atoms. The molecule has 0 aliphatic heterocycles. The Morgan fingerprint density at radius 2 is 1.88 bits per heavy atom. The maximum absolute atomic E-state index is 13.3. The molecule has 2 N–H and O–H groups in total. The summed E-state index contributed by atoms with van der Waals surface area (Å²) < 4.78 is 1.51. The van der Waals surface area contributed by atoms with Gasteiger partial charge in [-0.2, -0.15) is 0 Å². The highest BCUT2D eigenvalue weighted by atomic mass is 35.5. The molecule has 0 unspecified atom stereocenters. The number of aromatic nitrogens is 3. The van der Waals surface area contributed by atoms with Gasteiger partial charge < -0.3 is 15.3 Å². The van der Waals surface area contributed by atoms with E-state index < -0.39 is 0 Å². The first-order chi connectivity index (χ1) is 15.4. The summed E-state index contributed by atoms with van der Waals surface area (Å²) in [4.78, 5) is 32.5. The van der Waals surface area contributed by atoms with Gasteiger partial charge in [0.1, 0.15) is 0 Å². The Kier molecular flexibility index (Phi) is 7.54. The summed E-state index contributed by atoms with van der Waals surface area (Å²) in [5.41, 5.74) is 3.03. The molecule has 0 radical (unpaired) electrons. The molecule has 0 aliphatic rings. The van der Waals surface area contributed by atoms with Crippen LogP contribution in [0.1, 0.15) is 5.56 Å². The second-order valence-electron chi connectivity index (χ2n) is 7.11. The Morgan fingerprint density at radius 3 is 2.50 bits per heavy atom. The fourth-order valence-electron chi connectivity index (χ4n) is 3.15. The van der Waals surface area contributed by atoms with Crippen LogP contribution in [0.25, 0.3) is 16.6 Å². The summed E-state index contributed by atoms with van der Waals surface area (Å²) in [6.07, 6.45) is 3.29. The van der Waals surface area contributed by atoms with Crippen molar-refractivity contribution in [1.82, 2.24) is 19.4 Å². The molecule has 2 aromatic carbocycles. The molecule has 4 rings (SSSR count). The van der Waals surface area contributed by atoms with Gasteiger partial charge in [0.15, 0.2) is 0 Å². The zero-order chi connectivity index (χ0) is 23.1. The van der Waals surface area contributed by atoms with Crippen molar-refractivity contribution in [2.45, 2.75) is 6.54 Å². The van der Waals surface area contributed by atoms with Gasteiger partial charge in [-0.25, -0.2) is 9.55 Å². The van der Waals surface area contributed by atoms with Crippen molar-refractivity contribution < 1.29 is 9.90 Å². The largest absolute Gasteiger partial charge is 0.483 e. The van der Waals surface area contributed by atoms with Gasteiger partial charge in [-0.3, -0.25) is 14.6 Å². The third kappa shape index (κ3) is 5.48. The second-order valence-corrected chi connectivity index (χ2v) is 7.55. The summed E-state index contributed by atoms with van der Waals surface area (Å²) >= 11 is 6.10. The molecule has 0 amide bonds. The van der Waals surface area contributed by atoms with Crippen LogP contribution in [-0.2, 0) is 11.3 Å². The molecule has 0 aliphatic carbocycles. The number of hydrogen-bond donors (Lipinski definition) is 2. The normalized spacial score (nSPS) is 10.5. The third-order valence-corrected chi connectivity index (χ3v) is 4.68. The molecular weight excluding hydrogens is 430 g/mol. The third-order valence-electron chi connectivity index (χ3n) is 4.44. The van der Waals surface area contributed by atoms with Gasteiger partial charge in [-0.1, -0.05) is 23.7 Å². The maximum Gasteiger partial charge on any atom is 0.290 e. The number of benzene rings is 2. The van der Waals surface area contributed by atoms with Crippen LogP contribution in [0.15, 0.2) is 71.8 Å². The fourth-order valence-corrected chi connectivity index (χ4v) is 3.33. The van der Waals surface area contributed by atoms with Crippen molar-refractivity contribution in [3.05, 3.63) is 87.9 Å². The van der Waals surface area contributed by atoms with Gasteiger partial charge in [0, 0.05) is 23.5 Å². The number of fused-ring (bicyclic) bond motifs is 1. The van der Waals surface area contributed by atoms with Crippen molar-refractivity contribution >= 4 is 40.6 Å². The van der Waals surface area contributed by atoms with Crippen LogP contribution in [0.2, 0.25) is 5.02 Å². The lowest BCUT2D eigenvalue weighted by atomic mass is 10.2. The number of rotatable bonds is 5. The zero-order valence-corrected chi connectivity index (χ0v) is 18.3. The van der Waals surface area contributed by atoms with Crippen LogP contribution >= 0.6 is 11.6 Å². The van der Waals surface area contributed by atoms with Gasteiger partial charge in [0.05, 0.1) is 22.8 Å². The Morgan fingerprint density at radius 1 is 1.16 bits per heavy atom. The molecule has 9 heteroatoms. The number of halogens is 1. The van der Waals surface area contributed by atoms with E-state index in [-0.39, 0.29) is 12.0 Å². The Labute approximate surface area is 189 Å². The zero-order valence-electron chi connectivity index (χ0n) is 17.6. The summed E-state index contributed by atoms with van der Waals surface area (Å²) in [5.74, 6) is 0.415. The lowest BCUT2D eigenvalue weighted by Gasteiger charge is -2.15. The lowest BCUT2D eigenvalue weighted by Crippen LogP contribution is -2.23. The maximum atomic E-state index is 13.3. The lowest BCUT2D eigenvalue weighted by molar-refractivity contribution is -0.122. The number of nitrogens with one attached hydrogen (secondary N) is 1. The summed E-state index contributed by atoms with van der Waals surface area (Å²) in [7, 11) is 4.06. The molecule has 2 heterocycles. The van der Waals surface area contributed by atoms with Gasteiger partial charge in [0.2, 0.25) is 5.95 Å². The number of anilines is 2. The number of nitrogens with zero attached hydrogens (tertiary/aromatic N) is 4. The smallest absolute Gasteiger partial charge is 0.290 e. The van der Waals surface area contributed by atoms with Crippen molar-refractivity contribution in [2.75, 3.05) is 19.4 Å². The molecular formula is C23H22ClN5O3. The average Bonchev–Trinajstić information content (AvgIpc) is 2.77. The summed E-state index contributed by atoms with van der Waals surface area (Å²) in [6, 6.07) is 16.8. The molecule has 2 aromatic heterocycles. The average molecular weight is 452 g/mol. The van der Waals surface area contributed by atoms with E-state index in [2.05, 4.69) is 32.3 Å². The van der Waals surface area contributed by atoms with Crippen LogP contribution in [0.5, 0.6) is 0 Å². The molecule has 0 atom stereocenters.